The van der Waals surface area contributed by atoms with Crippen LogP contribution in [-0.2, 0) is 9.53 Å². The molecule has 17 heavy (non-hydrogen) atoms. The number of amides is 1. The highest BCUT2D eigenvalue weighted by atomic mass is 16.5. The average molecular weight is 237 g/mol. The molecule has 0 saturated carbocycles. The predicted octanol–water partition coefficient (Wildman–Crippen LogP) is 0.405. The molecule has 0 aliphatic carbocycles. The third-order valence-electron chi connectivity index (χ3n) is 2.60. The Bertz CT molecular complexity index is 369. The molecule has 0 N–H and O–H groups in total. The molecule has 2 heterocycles. The second-order valence-electron chi connectivity index (χ2n) is 3.66. The predicted molar refractivity (Wildman–Crippen MR) is 59.5 cm³/mol. The Hall–Kier alpha value is -1.69. The van der Waals surface area contributed by atoms with Gasteiger partial charge in [0, 0.05) is 12.6 Å². The number of ether oxygens (including phenoxy) is 2. The Balaban J connectivity index is 2.11. The Kier molecular flexibility index (Phi) is 3.87. The van der Waals surface area contributed by atoms with E-state index in [1.165, 1.54) is 0 Å². The molecule has 1 amide bonds. The van der Waals surface area contributed by atoms with Crippen molar-refractivity contribution in [1.82, 2.24) is 15.1 Å². The van der Waals surface area contributed by atoms with Gasteiger partial charge in [0.05, 0.1) is 31.6 Å². The zero-order valence-electron chi connectivity index (χ0n) is 9.70. The minimum atomic E-state index is -0.149. The average Bonchev–Trinajstić information content (AvgIpc) is 2.40. The summed E-state index contributed by atoms with van der Waals surface area (Å²) in [4.78, 5) is 12.6. The van der Waals surface area contributed by atoms with E-state index in [2.05, 4.69) is 10.2 Å². The van der Waals surface area contributed by atoms with Crippen LogP contribution < -0.4 is 4.74 Å². The van der Waals surface area contributed by atoms with E-state index in [0.29, 0.717) is 32.2 Å². The first kappa shape index (κ1) is 11.8. The van der Waals surface area contributed by atoms with Gasteiger partial charge < -0.3 is 14.4 Å². The van der Waals surface area contributed by atoms with E-state index in [1.807, 2.05) is 13.0 Å². The first-order valence-corrected chi connectivity index (χ1v) is 5.60. The molecule has 0 spiro atoms. The summed E-state index contributed by atoms with van der Waals surface area (Å²) in [6.45, 7) is 4.06. The fourth-order valence-corrected chi connectivity index (χ4v) is 1.73. The minimum Gasteiger partial charge on any atom is -0.477 e. The molecule has 6 nitrogen and oxygen atoms in total. The Morgan fingerprint density at radius 3 is 3.12 bits per heavy atom. The molecule has 6 heteroatoms. The zero-order valence-corrected chi connectivity index (χ0v) is 9.70. The molecule has 0 aromatic carbocycles. The van der Waals surface area contributed by atoms with Crippen LogP contribution in [-0.4, -0.2) is 47.9 Å². The van der Waals surface area contributed by atoms with Crippen LogP contribution in [0.15, 0.2) is 12.1 Å². The van der Waals surface area contributed by atoms with Crippen LogP contribution in [0.25, 0.3) is 0 Å². The third-order valence-corrected chi connectivity index (χ3v) is 2.60. The summed E-state index contributed by atoms with van der Waals surface area (Å²) in [5.41, 5.74) is 0.722. The van der Waals surface area contributed by atoms with E-state index in [9.17, 15) is 4.79 Å². The summed E-state index contributed by atoms with van der Waals surface area (Å²) in [7, 11) is 0. The van der Waals surface area contributed by atoms with Crippen molar-refractivity contribution in [3.05, 3.63) is 17.8 Å². The highest BCUT2D eigenvalue weighted by Crippen LogP contribution is 2.21. The summed E-state index contributed by atoms with van der Waals surface area (Å²) in [5, 5.41) is 8.01. The fourth-order valence-electron chi connectivity index (χ4n) is 1.73. The summed E-state index contributed by atoms with van der Waals surface area (Å²) >= 11 is 0. The lowest BCUT2D eigenvalue weighted by atomic mass is 10.1. The molecule has 1 saturated heterocycles. The molecule has 1 aromatic heterocycles. The van der Waals surface area contributed by atoms with Gasteiger partial charge in [0.2, 0.25) is 12.3 Å². The lowest BCUT2D eigenvalue weighted by Gasteiger charge is -2.31. The lowest BCUT2D eigenvalue weighted by molar-refractivity contribution is -0.126. The highest BCUT2D eigenvalue weighted by Gasteiger charge is 2.24. The van der Waals surface area contributed by atoms with Crippen molar-refractivity contribution in [2.45, 2.75) is 13.0 Å². The molecule has 0 bridgehead atoms. The molecule has 2 rings (SSSR count). The molecule has 0 radical (unpaired) electrons. The van der Waals surface area contributed by atoms with E-state index in [-0.39, 0.29) is 6.04 Å². The Morgan fingerprint density at radius 1 is 1.59 bits per heavy atom. The molecular weight excluding hydrogens is 222 g/mol. The van der Waals surface area contributed by atoms with Gasteiger partial charge in [-0.05, 0) is 13.0 Å². The number of rotatable bonds is 4. The van der Waals surface area contributed by atoms with Crippen LogP contribution in [0.2, 0.25) is 0 Å². The standard InChI is InChI=1S/C11H15N3O3/c1-2-17-11-4-3-9(12-13-11)10-7-16-6-5-14(10)8-15/h3-4,8,10H,2,5-7H2,1H3/t10-/m0/s1. The Labute approximate surface area is 99.5 Å². The van der Waals surface area contributed by atoms with Crippen molar-refractivity contribution in [1.29, 1.82) is 0 Å². The number of morpholine rings is 1. The smallest absolute Gasteiger partial charge is 0.233 e. The third kappa shape index (κ3) is 2.71. The molecule has 1 fully saturated rings. The molecular formula is C11H15N3O3. The topological polar surface area (TPSA) is 64.6 Å². The minimum absolute atomic E-state index is 0.149. The van der Waals surface area contributed by atoms with Crippen LogP contribution >= 0.6 is 0 Å². The van der Waals surface area contributed by atoms with Crippen LogP contribution in [0, 0.1) is 0 Å². The molecule has 1 aliphatic rings. The lowest BCUT2D eigenvalue weighted by Crippen LogP contribution is -2.38. The van der Waals surface area contributed by atoms with Gasteiger partial charge in [-0.25, -0.2) is 0 Å². The quantitative estimate of drug-likeness (QED) is 0.709. The first-order chi connectivity index (χ1) is 8.35. The molecule has 0 unspecified atom stereocenters. The van der Waals surface area contributed by atoms with Gasteiger partial charge in [0.1, 0.15) is 0 Å². The van der Waals surface area contributed by atoms with Gasteiger partial charge in [-0.2, -0.15) is 0 Å². The van der Waals surface area contributed by atoms with Gasteiger partial charge >= 0.3 is 0 Å². The monoisotopic (exact) mass is 237 g/mol. The van der Waals surface area contributed by atoms with Gasteiger partial charge in [-0.1, -0.05) is 0 Å². The second kappa shape index (κ2) is 5.58. The highest BCUT2D eigenvalue weighted by molar-refractivity contribution is 5.48. The van der Waals surface area contributed by atoms with Gasteiger partial charge in [-0.15, -0.1) is 10.2 Å². The number of carbonyl (C=O) groups is 1. The van der Waals surface area contributed by atoms with E-state index >= 15 is 0 Å². The van der Waals surface area contributed by atoms with Gasteiger partial charge in [-0.3, -0.25) is 4.79 Å². The summed E-state index contributed by atoms with van der Waals surface area (Å²) in [6, 6.07) is 3.42. The summed E-state index contributed by atoms with van der Waals surface area (Å²) in [6.07, 6.45) is 0.825. The molecule has 1 aliphatic heterocycles. The van der Waals surface area contributed by atoms with Crippen molar-refractivity contribution in [3.63, 3.8) is 0 Å². The number of carbonyl (C=O) groups excluding carboxylic acids is 1. The van der Waals surface area contributed by atoms with E-state index < -0.39 is 0 Å². The molecule has 92 valence electrons. The van der Waals surface area contributed by atoms with Gasteiger partial charge in [0.25, 0.3) is 0 Å². The Morgan fingerprint density at radius 2 is 2.47 bits per heavy atom. The fraction of sp³-hybridized carbons (Fsp3) is 0.545. The zero-order chi connectivity index (χ0) is 12.1. The van der Waals surface area contributed by atoms with Crippen molar-refractivity contribution >= 4 is 6.41 Å². The maximum atomic E-state index is 10.9. The van der Waals surface area contributed by atoms with Crippen LogP contribution in [0.3, 0.4) is 0 Å². The first-order valence-electron chi connectivity index (χ1n) is 5.60. The van der Waals surface area contributed by atoms with Crippen LogP contribution in [0.5, 0.6) is 5.88 Å². The van der Waals surface area contributed by atoms with Crippen molar-refractivity contribution in [2.75, 3.05) is 26.4 Å². The number of hydrogen-bond acceptors (Lipinski definition) is 5. The molecule has 1 aromatic rings. The maximum absolute atomic E-state index is 10.9. The van der Waals surface area contributed by atoms with Crippen molar-refractivity contribution in [3.8, 4) is 5.88 Å². The van der Waals surface area contributed by atoms with E-state index in [4.69, 9.17) is 9.47 Å². The molecule has 1 atom stereocenters. The van der Waals surface area contributed by atoms with Crippen molar-refractivity contribution < 1.29 is 14.3 Å². The summed E-state index contributed by atoms with van der Waals surface area (Å²) in [5.74, 6) is 0.491. The van der Waals surface area contributed by atoms with Crippen LogP contribution in [0.1, 0.15) is 18.7 Å². The number of hydrogen-bond donors (Lipinski definition) is 0. The van der Waals surface area contributed by atoms with Crippen LogP contribution in [0.4, 0.5) is 0 Å². The maximum Gasteiger partial charge on any atom is 0.233 e. The van der Waals surface area contributed by atoms with Gasteiger partial charge in [0.15, 0.2) is 0 Å². The largest absolute Gasteiger partial charge is 0.477 e. The normalized spacial score (nSPS) is 20.1. The van der Waals surface area contributed by atoms with E-state index in [0.717, 1.165) is 12.1 Å². The number of aromatic nitrogens is 2. The summed E-state index contributed by atoms with van der Waals surface area (Å²) < 4.78 is 10.6. The SMILES string of the molecule is CCOc1ccc([C@@H]2COCCN2C=O)nn1. The van der Waals surface area contributed by atoms with E-state index in [1.54, 1.807) is 11.0 Å². The van der Waals surface area contributed by atoms with Crippen molar-refractivity contribution in [2.24, 2.45) is 0 Å². The second-order valence-corrected chi connectivity index (χ2v) is 3.66. The number of nitrogens with zero attached hydrogens (tertiary/aromatic N) is 3.